The fourth-order valence-corrected chi connectivity index (χ4v) is 0.892. The Balaban J connectivity index is 3.69. The van der Waals surface area contributed by atoms with Gasteiger partial charge in [-0.1, -0.05) is 27.2 Å². The molecule has 0 aromatic heterocycles. The maximum absolute atomic E-state index is 11.9. The lowest BCUT2D eigenvalue weighted by molar-refractivity contribution is 0.0626. The molecule has 0 aliphatic carbocycles. The van der Waals surface area contributed by atoms with Gasteiger partial charge in [0.1, 0.15) is 6.67 Å². The molecular formula is C8H17FO. The minimum Gasteiger partial charge on any atom is -0.390 e. The number of aliphatic hydroxyl groups excluding tert-OH is 1. The van der Waals surface area contributed by atoms with Gasteiger partial charge in [-0.3, -0.25) is 0 Å². The molecule has 3 atom stereocenters. The quantitative estimate of drug-likeness (QED) is 0.646. The summed E-state index contributed by atoms with van der Waals surface area (Å²) in [6.45, 7) is 5.35. The second-order valence-corrected chi connectivity index (χ2v) is 2.97. The number of rotatable bonds is 4. The Morgan fingerprint density at radius 2 is 1.90 bits per heavy atom. The van der Waals surface area contributed by atoms with Crippen LogP contribution < -0.4 is 0 Å². The normalized spacial score (nSPS) is 20.1. The van der Waals surface area contributed by atoms with E-state index < -0.39 is 12.8 Å². The zero-order valence-corrected chi connectivity index (χ0v) is 6.97. The van der Waals surface area contributed by atoms with Crippen molar-refractivity contribution in [2.75, 3.05) is 6.67 Å². The molecule has 62 valence electrons. The summed E-state index contributed by atoms with van der Waals surface area (Å²) in [5.74, 6) is 0.487. The van der Waals surface area contributed by atoms with Crippen LogP contribution in [-0.2, 0) is 0 Å². The molecule has 0 aliphatic rings. The van der Waals surface area contributed by atoms with Crippen LogP contribution in [0.15, 0.2) is 0 Å². The van der Waals surface area contributed by atoms with E-state index in [0.29, 0.717) is 5.92 Å². The molecule has 10 heavy (non-hydrogen) atoms. The smallest absolute Gasteiger partial charge is 0.116 e. The van der Waals surface area contributed by atoms with E-state index in [0.717, 1.165) is 6.42 Å². The first kappa shape index (κ1) is 9.89. The lowest BCUT2D eigenvalue weighted by Gasteiger charge is -2.21. The number of aliphatic hydroxyl groups is 1. The van der Waals surface area contributed by atoms with Crippen LogP contribution in [-0.4, -0.2) is 17.9 Å². The van der Waals surface area contributed by atoms with E-state index in [9.17, 15) is 4.39 Å². The molecule has 0 aromatic rings. The van der Waals surface area contributed by atoms with Crippen LogP contribution in [0.2, 0.25) is 0 Å². The second-order valence-electron chi connectivity index (χ2n) is 2.97. The fraction of sp³-hybridized carbons (Fsp3) is 1.00. The van der Waals surface area contributed by atoms with Crippen molar-refractivity contribution in [2.45, 2.75) is 33.3 Å². The topological polar surface area (TPSA) is 20.2 Å². The monoisotopic (exact) mass is 148 g/mol. The van der Waals surface area contributed by atoms with Crippen LogP contribution in [0.5, 0.6) is 0 Å². The standard InChI is InChI=1S/C8H17FO/c1-4-6(2)7(3)8(10)5-9/h6-8,10H,4-5H2,1-3H3. The summed E-state index contributed by atoms with van der Waals surface area (Å²) in [4.78, 5) is 0. The summed E-state index contributed by atoms with van der Waals surface area (Å²) in [7, 11) is 0. The molecule has 0 saturated carbocycles. The van der Waals surface area contributed by atoms with Gasteiger partial charge in [-0.05, 0) is 11.8 Å². The first-order valence-electron chi connectivity index (χ1n) is 3.87. The van der Waals surface area contributed by atoms with Gasteiger partial charge in [0.15, 0.2) is 0 Å². The van der Waals surface area contributed by atoms with Crippen molar-refractivity contribution >= 4 is 0 Å². The molecule has 0 aliphatic heterocycles. The van der Waals surface area contributed by atoms with Crippen LogP contribution >= 0.6 is 0 Å². The molecule has 0 fully saturated rings. The Morgan fingerprint density at radius 1 is 1.40 bits per heavy atom. The first-order valence-corrected chi connectivity index (χ1v) is 3.87. The van der Waals surface area contributed by atoms with E-state index in [1.54, 1.807) is 0 Å². The lowest BCUT2D eigenvalue weighted by atomic mass is 9.89. The lowest BCUT2D eigenvalue weighted by Crippen LogP contribution is -2.25. The zero-order valence-electron chi connectivity index (χ0n) is 6.97. The number of halogens is 1. The highest BCUT2D eigenvalue weighted by Gasteiger charge is 2.18. The average Bonchev–Trinajstić information content (AvgIpc) is 2.00. The summed E-state index contributed by atoms with van der Waals surface area (Å²) >= 11 is 0. The van der Waals surface area contributed by atoms with Crippen molar-refractivity contribution in [1.82, 2.24) is 0 Å². The van der Waals surface area contributed by atoms with Gasteiger partial charge in [-0.25, -0.2) is 4.39 Å². The van der Waals surface area contributed by atoms with Crippen molar-refractivity contribution in [2.24, 2.45) is 11.8 Å². The molecule has 3 unspecified atom stereocenters. The highest BCUT2D eigenvalue weighted by Crippen LogP contribution is 2.18. The van der Waals surface area contributed by atoms with Crippen molar-refractivity contribution in [3.8, 4) is 0 Å². The van der Waals surface area contributed by atoms with E-state index >= 15 is 0 Å². The first-order chi connectivity index (χ1) is 4.63. The molecule has 1 N–H and O–H groups in total. The van der Waals surface area contributed by atoms with Crippen LogP contribution in [0, 0.1) is 11.8 Å². The molecule has 0 aromatic carbocycles. The van der Waals surface area contributed by atoms with Crippen LogP contribution in [0.1, 0.15) is 27.2 Å². The highest BCUT2D eigenvalue weighted by atomic mass is 19.1. The molecular weight excluding hydrogens is 131 g/mol. The van der Waals surface area contributed by atoms with Gasteiger partial charge in [0.2, 0.25) is 0 Å². The Bertz CT molecular complexity index is 75.3. The number of alkyl halides is 1. The SMILES string of the molecule is CCC(C)C(C)C(O)CF. The van der Waals surface area contributed by atoms with Gasteiger partial charge in [0.25, 0.3) is 0 Å². The third-order valence-corrected chi connectivity index (χ3v) is 2.31. The van der Waals surface area contributed by atoms with Gasteiger partial charge < -0.3 is 5.11 Å². The molecule has 0 radical (unpaired) electrons. The predicted octanol–water partition coefficient (Wildman–Crippen LogP) is 2.00. The van der Waals surface area contributed by atoms with Crippen LogP contribution in [0.4, 0.5) is 4.39 Å². The fourth-order valence-electron chi connectivity index (χ4n) is 0.892. The maximum atomic E-state index is 11.9. The average molecular weight is 148 g/mol. The van der Waals surface area contributed by atoms with Gasteiger partial charge in [0.05, 0.1) is 6.10 Å². The zero-order chi connectivity index (χ0) is 8.15. The molecule has 0 rings (SSSR count). The van der Waals surface area contributed by atoms with Crippen molar-refractivity contribution < 1.29 is 9.50 Å². The molecule has 0 spiro atoms. The van der Waals surface area contributed by atoms with E-state index in [4.69, 9.17) is 5.11 Å². The summed E-state index contributed by atoms with van der Waals surface area (Å²) in [6.07, 6.45) is 0.230. The van der Waals surface area contributed by atoms with Gasteiger partial charge >= 0.3 is 0 Å². The Hall–Kier alpha value is -0.110. The minimum atomic E-state index is -0.769. The summed E-state index contributed by atoms with van der Waals surface area (Å²) in [5.41, 5.74) is 0. The number of hydrogen-bond donors (Lipinski definition) is 1. The summed E-state index contributed by atoms with van der Waals surface area (Å²) in [5, 5.41) is 9.05. The number of hydrogen-bond acceptors (Lipinski definition) is 1. The van der Waals surface area contributed by atoms with E-state index in [2.05, 4.69) is 0 Å². The van der Waals surface area contributed by atoms with Gasteiger partial charge in [0, 0.05) is 0 Å². The van der Waals surface area contributed by atoms with E-state index in [1.807, 2.05) is 20.8 Å². The van der Waals surface area contributed by atoms with Crippen molar-refractivity contribution in [3.63, 3.8) is 0 Å². The Kier molecular flexibility index (Phi) is 4.62. The van der Waals surface area contributed by atoms with Crippen LogP contribution in [0.25, 0.3) is 0 Å². The molecule has 0 bridgehead atoms. The van der Waals surface area contributed by atoms with Gasteiger partial charge in [-0.2, -0.15) is 0 Å². The minimum absolute atomic E-state index is 0.0787. The molecule has 1 nitrogen and oxygen atoms in total. The van der Waals surface area contributed by atoms with Crippen LogP contribution in [0.3, 0.4) is 0 Å². The highest BCUT2D eigenvalue weighted by molar-refractivity contribution is 4.68. The summed E-state index contributed by atoms with van der Waals surface area (Å²) in [6, 6.07) is 0. The maximum Gasteiger partial charge on any atom is 0.116 e. The van der Waals surface area contributed by atoms with E-state index in [1.165, 1.54) is 0 Å². The third kappa shape index (κ3) is 2.65. The third-order valence-electron chi connectivity index (χ3n) is 2.31. The largest absolute Gasteiger partial charge is 0.390 e. The van der Waals surface area contributed by atoms with Crippen molar-refractivity contribution in [1.29, 1.82) is 0 Å². The Labute approximate surface area is 62.3 Å². The van der Waals surface area contributed by atoms with Crippen molar-refractivity contribution in [3.05, 3.63) is 0 Å². The Morgan fingerprint density at radius 3 is 2.20 bits per heavy atom. The predicted molar refractivity (Wildman–Crippen MR) is 40.6 cm³/mol. The molecule has 0 saturated heterocycles. The second kappa shape index (κ2) is 4.67. The molecule has 0 amide bonds. The molecule has 2 heteroatoms. The molecule has 0 heterocycles. The van der Waals surface area contributed by atoms with E-state index in [-0.39, 0.29) is 5.92 Å². The van der Waals surface area contributed by atoms with Gasteiger partial charge in [-0.15, -0.1) is 0 Å². The summed E-state index contributed by atoms with van der Waals surface area (Å²) < 4.78 is 11.9.